The first kappa shape index (κ1) is 15.3. The number of hydrogen-bond donors (Lipinski definition) is 3. The van der Waals surface area contributed by atoms with Gasteiger partial charge in [-0.25, -0.2) is 4.98 Å². The molecule has 0 atom stereocenters. The molecule has 1 aromatic carbocycles. The highest BCUT2D eigenvalue weighted by Gasteiger charge is 1.99. The number of benzene rings is 1. The number of aromatic nitrogens is 1. The lowest BCUT2D eigenvalue weighted by molar-refractivity contribution is 0.846. The van der Waals surface area contributed by atoms with Crippen molar-refractivity contribution in [2.75, 3.05) is 17.2 Å². The number of nitrogens with zero attached hydrogens (tertiary/aromatic N) is 1. The molecule has 0 aliphatic carbocycles. The average molecular weight is 300 g/mol. The fourth-order valence-electron chi connectivity index (χ4n) is 1.74. The van der Waals surface area contributed by atoms with Crippen molar-refractivity contribution in [3.63, 3.8) is 0 Å². The second-order valence-corrected chi connectivity index (χ2v) is 5.21. The highest BCUT2D eigenvalue weighted by atomic mass is 32.1. The summed E-state index contributed by atoms with van der Waals surface area (Å²) < 4.78 is 0. The van der Waals surface area contributed by atoms with Crippen molar-refractivity contribution in [1.29, 1.82) is 0 Å². The Labute approximate surface area is 131 Å². The van der Waals surface area contributed by atoms with Gasteiger partial charge >= 0.3 is 0 Å². The Hall–Kier alpha value is -2.14. The van der Waals surface area contributed by atoms with Crippen molar-refractivity contribution in [3.8, 4) is 0 Å². The minimum atomic E-state index is 0.623. The molecule has 2 rings (SSSR count). The van der Waals surface area contributed by atoms with E-state index in [0.29, 0.717) is 5.11 Å². The number of thiocarbonyl (C=S) groups is 1. The molecule has 1 aromatic heterocycles. The molecule has 1 heterocycles. The molecule has 0 bridgehead atoms. The zero-order valence-corrected chi connectivity index (χ0v) is 13.1. The van der Waals surface area contributed by atoms with E-state index in [1.54, 1.807) is 6.20 Å². The lowest BCUT2D eigenvalue weighted by Crippen LogP contribution is -2.28. The Kier molecular flexibility index (Phi) is 5.51. The van der Waals surface area contributed by atoms with Crippen LogP contribution >= 0.6 is 12.2 Å². The van der Waals surface area contributed by atoms with E-state index >= 15 is 0 Å². The van der Waals surface area contributed by atoms with Gasteiger partial charge in [0.25, 0.3) is 0 Å². The fraction of sp³-hybridized carbons (Fsp3) is 0.250. The predicted molar refractivity (Wildman–Crippen MR) is 93.2 cm³/mol. The maximum Gasteiger partial charge on any atom is 0.170 e. The number of hydrogen-bond acceptors (Lipinski definition) is 3. The van der Waals surface area contributed by atoms with Crippen LogP contribution in [-0.4, -0.2) is 16.6 Å². The third-order valence-electron chi connectivity index (χ3n) is 2.88. The second kappa shape index (κ2) is 7.59. The SMILES string of the molecule is CCCNC(=S)Nc1ccc(Nc2ccc(C)cc2)nc1. The first-order valence-electron chi connectivity index (χ1n) is 7.02. The van der Waals surface area contributed by atoms with E-state index in [9.17, 15) is 0 Å². The van der Waals surface area contributed by atoms with Gasteiger partial charge in [-0.05, 0) is 49.8 Å². The third-order valence-corrected chi connectivity index (χ3v) is 3.13. The maximum absolute atomic E-state index is 5.19. The van der Waals surface area contributed by atoms with Gasteiger partial charge in [0, 0.05) is 12.2 Å². The van der Waals surface area contributed by atoms with Gasteiger partial charge in [0.05, 0.1) is 11.9 Å². The van der Waals surface area contributed by atoms with Gasteiger partial charge < -0.3 is 16.0 Å². The van der Waals surface area contributed by atoms with Gasteiger partial charge in [0.15, 0.2) is 5.11 Å². The number of nitrogens with one attached hydrogen (secondary N) is 3. The van der Waals surface area contributed by atoms with E-state index in [1.165, 1.54) is 5.56 Å². The number of rotatable bonds is 5. The van der Waals surface area contributed by atoms with Crippen LogP contribution in [0.5, 0.6) is 0 Å². The summed E-state index contributed by atoms with van der Waals surface area (Å²) in [7, 11) is 0. The highest BCUT2D eigenvalue weighted by molar-refractivity contribution is 7.80. The second-order valence-electron chi connectivity index (χ2n) is 4.80. The van der Waals surface area contributed by atoms with Gasteiger partial charge in [0.1, 0.15) is 5.82 Å². The van der Waals surface area contributed by atoms with Crippen molar-refractivity contribution in [3.05, 3.63) is 48.2 Å². The van der Waals surface area contributed by atoms with Crippen molar-refractivity contribution in [2.45, 2.75) is 20.3 Å². The smallest absolute Gasteiger partial charge is 0.170 e. The summed E-state index contributed by atoms with van der Waals surface area (Å²) in [6.45, 7) is 5.03. The minimum Gasteiger partial charge on any atom is -0.362 e. The number of anilines is 3. The summed E-state index contributed by atoms with van der Waals surface area (Å²) in [5, 5.41) is 10.1. The standard InChI is InChI=1S/C16H20N4S/c1-3-10-17-16(21)20-14-8-9-15(18-11-14)19-13-6-4-12(2)5-7-13/h4-9,11H,3,10H2,1-2H3,(H,18,19)(H2,17,20,21). The van der Waals surface area contributed by atoms with E-state index in [2.05, 4.69) is 46.9 Å². The van der Waals surface area contributed by atoms with E-state index in [1.807, 2.05) is 24.3 Å². The van der Waals surface area contributed by atoms with Crippen LogP contribution in [0, 0.1) is 6.92 Å². The Bertz CT molecular complexity index is 578. The highest BCUT2D eigenvalue weighted by Crippen LogP contribution is 2.16. The molecule has 0 aliphatic heterocycles. The summed E-state index contributed by atoms with van der Waals surface area (Å²) in [5.74, 6) is 0.803. The minimum absolute atomic E-state index is 0.623. The van der Waals surface area contributed by atoms with Gasteiger partial charge in [0.2, 0.25) is 0 Å². The molecule has 4 nitrogen and oxygen atoms in total. The molecule has 110 valence electrons. The molecule has 2 aromatic rings. The van der Waals surface area contributed by atoms with E-state index in [4.69, 9.17) is 12.2 Å². The van der Waals surface area contributed by atoms with Crippen LogP contribution < -0.4 is 16.0 Å². The van der Waals surface area contributed by atoms with Crippen molar-refractivity contribution in [2.24, 2.45) is 0 Å². The Morgan fingerprint density at radius 1 is 1.10 bits per heavy atom. The molecule has 0 unspecified atom stereocenters. The van der Waals surface area contributed by atoms with Gasteiger partial charge in [-0.2, -0.15) is 0 Å². The summed E-state index contributed by atoms with van der Waals surface area (Å²) in [6, 6.07) is 12.1. The van der Waals surface area contributed by atoms with Crippen molar-refractivity contribution in [1.82, 2.24) is 10.3 Å². The quantitative estimate of drug-likeness (QED) is 0.733. The van der Waals surface area contributed by atoms with Crippen LogP contribution in [0.3, 0.4) is 0 Å². The topological polar surface area (TPSA) is 49.0 Å². The zero-order chi connectivity index (χ0) is 15.1. The molecular weight excluding hydrogens is 280 g/mol. The van der Waals surface area contributed by atoms with Crippen LogP contribution in [0.25, 0.3) is 0 Å². The largest absolute Gasteiger partial charge is 0.362 e. The molecule has 0 aliphatic rings. The molecule has 0 radical (unpaired) electrons. The van der Waals surface area contributed by atoms with Crippen molar-refractivity contribution < 1.29 is 0 Å². The summed E-state index contributed by atoms with van der Waals surface area (Å²) in [4.78, 5) is 4.37. The zero-order valence-electron chi connectivity index (χ0n) is 12.3. The number of aryl methyl sites for hydroxylation is 1. The van der Waals surface area contributed by atoms with Crippen molar-refractivity contribution >= 4 is 34.5 Å². The third kappa shape index (κ3) is 5.04. The summed E-state index contributed by atoms with van der Waals surface area (Å²) in [6.07, 6.45) is 2.80. The molecule has 0 fully saturated rings. The first-order chi connectivity index (χ1) is 10.2. The summed E-state index contributed by atoms with van der Waals surface area (Å²) in [5.41, 5.74) is 3.13. The molecule has 0 amide bonds. The maximum atomic E-state index is 5.19. The van der Waals surface area contributed by atoms with Crippen LogP contribution in [0.15, 0.2) is 42.6 Å². The lowest BCUT2D eigenvalue weighted by atomic mass is 10.2. The van der Waals surface area contributed by atoms with Crippen LogP contribution in [0.1, 0.15) is 18.9 Å². The molecule has 0 saturated heterocycles. The molecule has 0 spiro atoms. The lowest BCUT2D eigenvalue weighted by Gasteiger charge is -2.10. The predicted octanol–water partition coefficient (Wildman–Crippen LogP) is 3.83. The molecular formula is C16H20N4S. The molecule has 21 heavy (non-hydrogen) atoms. The molecule has 5 heteroatoms. The van der Waals surface area contributed by atoms with Gasteiger partial charge in [-0.1, -0.05) is 24.6 Å². The van der Waals surface area contributed by atoms with Crippen LogP contribution in [-0.2, 0) is 0 Å². The Morgan fingerprint density at radius 2 is 1.81 bits per heavy atom. The molecule has 3 N–H and O–H groups in total. The van der Waals surface area contributed by atoms with E-state index < -0.39 is 0 Å². The normalized spacial score (nSPS) is 10.0. The van der Waals surface area contributed by atoms with Crippen LogP contribution in [0.2, 0.25) is 0 Å². The summed E-state index contributed by atoms with van der Waals surface area (Å²) >= 11 is 5.19. The first-order valence-corrected chi connectivity index (χ1v) is 7.43. The van der Waals surface area contributed by atoms with Gasteiger partial charge in [-0.3, -0.25) is 0 Å². The van der Waals surface area contributed by atoms with Crippen LogP contribution in [0.4, 0.5) is 17.2 Å². The molecule has 0 saturated carbocycles. The Balaban J connectivity index is 1.92. The monoisotopic (exact) mass is 300 g/mol. The van der Waals surface area contributed by atoms with E-state index in [0.717, 1.165) is 30.2 Å². The average Bonchev–Trinajstić information content (AvgIpc) is 2.49. The fourth-order valence-corrected chi connectivity index (χ4v) is 1.96. The van der Waals surface area contributed by atoms with Gasteiger partial charge in [-0.15, -0.1) is 0 Å². The van der Waals surface area contributed by atoms with E-state index in [-0.39, 0.29) is 0 Å². The number of pyridine rings is 1. The Morgan fingerprint density at radius 3 is 2.43 bits per heavy atom.